The number of aromatic nitrogens is 2. The fourth-order valence-electron chi connectivity index (χ4n) is 2.57. The second-order valence-electron chi connectivity index (χ2n) is 5.68. The zero-order valence-corrected chi connectivity index (χ0v) is 15.6. The molecule has 3 rings (SSSR count). The molecule has 26 heavy (non-hydrogen) atoms. The standard InChI is InChI=1S/C19H21N3O3S/c1-24-16-6-5-14(11-17(16)25-2)7-8-20-18(23)12-15-13-26-19(21-15)22-9-3-4-10-22/h3-6,9-11,13H,7-8,12H2,1-2H3,(H,20,23). The van der Waals surface area contributed by atoms with Crippen LogP contribution >= 0.6 is 11.3 Å². The van der Waals surface area contributed by atoms with Gasteiger partial charge in [0.05, 0.1) is 26.3 Å². The summed E-state index contributed by atoms with van der Waals surface area (Å²) in [6, 6.07) is 9.66. The van der Waals surface area contributed by atoms with Gasteiger partial charge in [-0.1, -0.05) is 6.07 Å². The van der Waals surface area contributed by atoms with E-state index in [9.17, 15) is 4.79 Å². The molecule has 1 amide bonds. The van der Waals surface area contributed by atoms with E-state index in [4.69, 9.17) is 9.47 Å². The summed E-state index contributed by atoms with van der Waals surface area (Å²) in [5, 5.41) is 5.72. The van der Waals surface area contributed by atoms with Crippen molar-refractivity contribution in [2.75, 3.05) is 20.8 Å². The Morgan fingerprint density at radius 3 is 2.69 bits per heavy atom. The number of ether oxygens (including phenoxy) is 2. The van der Waals surface area contributed by atoms with Crippen molar-refractivity contribution in [2.45, 2.75) is 12.8 Å². The Labute approximate surface area is 156 Å². The molecule has 2 aromatic heterocycles. The highest BCUT2D eigenvalue weighted by atomic mass is 32.1. The predicted molar refractivity (Wildman–Crippen MR) is 101 cm³/mol. The number of hydrogen-bond acceptors (Lipinski definition) is 5. The number of hydrogen-bond donors (Lipinski definition) is 1. The molecule has 1 aromatic carbocycles. The van der Waals surface area contributed by atoms with Crippen molar-refractivity contribution >= 4 is 17.2 Å². The molecule has 0 radical (unpaired) electrons. The van der Waals surface area contributed by atoms with Gasteiger partial charge in [0.1, 0.15) is 0 Å². The summed E-state index contributed by atoms with van der Waals surface area (Å²) in [6.45, 7) is 0.558. The highest BCUT2D eigenvalue weighted by molar-refractivity contribution is 7.12. The normalized spacial score (nSPS) is 10.5. The summed E-state index contributed by atoms with van der Waals surface area (Å²) in [7, 11) is 3.22. The van der Waals surface area contributed by atoms with Crippen molar-refractivity contribution in [3.8, 4) is 16.6 Å². The number of carbonyl (C=O) groups excluding carboxylic acids is 1. The van der Waals surface area contributed by atoms with Crippen LogP contribution in [0.2, 0.25) is 0 Å². The molecule has 0 aliphatic carbocycles. The van der Waals surface area contributed by atoms with Gasteiger partial charge in [-0.15, -0.1) is 11.3 Å². The lowest BCUT2D eigenvalue weighted by Gasteiger charge is -2.10. The summed E-state index contributed by atoms with van der Waals surface area (Å²) < 4.78 is 12.5. The van der Waals surface area contributed by atoms with Gasteiger partial charge >= 0.3 is 0 Å². The van der Waals surface area contributed by atoms with E-state index in [2.05, 4.69) is 10.3 Å². The first kappa shape index (κ1) is 18.0. The van der Waals surface area contributed by atoms with Crippen molar-refractivity contribution in [1.29, 1.82) is 0 Å². The molecule has 0 unspecified atom stereocenters. The van der Waals surface area contributed by atoms with E-state index in [1.54, 1.807) is 14.2 Å². The number of rotatable bonds is 8. The molecule has 6 nitrogen and oxygen atoms in total. The second-order valence-corrected chi connectivity index (χ2v) is 6.51. The molecule has 0 aliphatic heterocycles. The van der Waals surface area contributed by atoms with Gasteiger partial charge in [0.15, 0.2) is 16.6 Å². The molecule has 1 N–H and O–H groups in total. The highest BCUT2D eigenvalue weighted by Crippen LogP contribution is 2.27. The third-order valence-corrected chi connectivity index (χ3v) is 4.79. The lowest BCUT2D eigenvalue weighted by molar-refractivity contribution is -0.120. The van der Waals surface area contributed by atoms with Gasteiger partial charge in [0, 0.05) is 24.3 Å². The van der Waals surface area contributed by atoms with Crippen LogP contribution in [0.1, 0.15) is 11.3 Å². The van der Waals surface area contributed by atoms with E-state index >= 15 is 0 Å². The van der Waals surface area contributed by atoms with Crippen LogP contribution in [0, 0.1) is 0 Å². The number of benzene rings is 1. The van der Waals surface area contributed by atoms with E-state index in [1.807, 2.05) is 52.7 Å². The van der Waals surface area contributed by atoms with Crippen LogP contribution in [-0.4, -0.2) is 36.2 Å². The first-order chi connectivity index (χ1) is 12.7. The van der Waals surface area contributed by atoms with Gasteiger partial charge in [-0.3, -0.25) is 4.79 Å². The molecule has 0 atom stereocenters. The Hall–Kier alpha value is -2.80. The maximum atomic E-state index is 12.1. The smallest absolute Gasteiger partial charge is 0.226 e. The summed E-state index contributed by atoms with van der Waals surface area (Å²) >= 11 is 1.52. The Kier molecular flexibility index (Phi) is 5.91. The molecule has 2 heterocycles. The minimum absolute atomic E-state index is 0.0326. The van der Waals surface area contributed by atoms with Gasteiger partial charge in [0.2, 0.25) is 5.91 Å². The van der Waals surface area contributed by atoms with Crippen molar-refractivity contribution in [3.63, 3.8) is 0 Å². The van der Waals surface area contributed by atoms with E-state index in [0.717, 1.165) is 22.8 Å². The largest absolute Gasteiger partial charge is 0.493 e. The zero-order chi connectivity index (χ0) is 18.4. The van der Waals surface area contributed by atoms with Crippen LogP contribution < -0.4 is 14.8 Å². The molecule has 0 saturated heterocycles. The average Bonchev–Trinajstić information content (AvgIpc) is 3.33. The minimum Gasteiger partial charge on any atom is -0.493 e. The predicted octanol–water partition coefficient (Wildman–Crippen LogP) is 2.85. The molecule has 7 heteroatoms. The molecule has 3 aromatic rings. The van der Waals surface area contributed by atoms with Crippen molar-refractivity contribution in [2.24, 2.45) is 0 Å². The van der Waals surface area contributed by atoms with Crippen LogP contribution in [0.15, 0.2) is 48.1 Å². The first-order valence-electron chi connectivity index (χ1n) is 8.25. The first-order valence-corrected chi connectivity index (χ1v) is 9.13. The number of methoxy groups -OCH3 is 2. The number of nitrogens with zero attached hydrogens (tertiary/aromatic N) is 2. The third-order valence-electron chi connectivity index (χ3n) is 3.89. The third kappa shape index (κ3) is 4.43. The summed E-state index contributed by atoms with van der Waals surface area (Å²) in [6.07, 6.45) is 4.87. The lowest BCUT2D eigenvalue weighted by Crippen LogP contribution is -2.27. The van der Waals surface area contributed by atoms with Gasteiger partial charge < -0.3 is 19.4 Å². The van der Waals surface area contributed by atoms with Gasteiger partial charge in [-0.05, 0) is 36.2 Å². The van der Waals surface area contributed by atoms with E-state index in [1.165, 1.54) is 11.3 Å². The van der Waals surface area contributed by atoms with Crippen molar-refractivity contribution in [1.82, 2.24) is 14.9 Å². The fourth-order valence-corrected chi connectivity index (χ4v) is 3.36. The Bertz CT molecular complexity index is 859. The number of nitrogens with one attached hydrogen (secondary N) is 1. The van der Waals surface area contributed by atoms with Crippen LogP contribution in [-0.2, 0) is 17.6 Å². The van der Waals surface area contributed by atoms with Gasteiger partial charge in [-0.2, -0.15) is 0 Å². The molecular weight excluding hydrogens is 350 g/mol. The molecule has 136 valence electrons. The highest BCUT2D eigenvalue weighted by Gasteiger charge is 2.09. The van der Waals surface area contributed by atoms with E-state index < -0.39 is 0 Å². The van der Waals surface area contributed by atoms with E-state index in [-0.39, 0.29) is 12.3 Å². The van der Waals surface area contributed by atoms with E-state index in [0.29, 0.717) is 18.0 Å². The minimum atomic E-state index is -0.0326. The van der Waals surface area contributed by atoms with Crippen LogP contribution in [0.5, 0.6) is 11.5 Å². The second kappa shape index (κ2) is 8.53. The molecule has 0 aliphatic rings. The number of carbonyl (C=O) groups is 1. The average molecular weight is 371 g/mol. The summed E-state index contributed by atoms with van der Waals surface area (Å²) in [4.78, 5) is 16.6. The zero-order valence-electron chi connectivity index (χ0n) is 14.8. The van der Waals surface area contributed by atoms with Gasteiger partial charge in [-0.25, -0.2) is 4.98 Å². The molecule has 0 fully saturated rings. The molecular formula is C19H21N3O3S. The Morgan fingerprint density at radius 1 is 1.19 bits per heavy atom. The molecule has 0 spiro atoms. The fraction of sp³-hybridized carbons (Fsp3) is 0.263. The lowest BCUT2D eigenvalue weighted by atomic mass is 10.1. The molecule has 0 bridgehead atoms. The molecule has 0 saturated carbocycles. The van der Waals surface area contributed by atoms with Crippen LogP contribution in [0.4, 0.5) is 0 Å². The summed E-state index contributed by atoms with van der Waals surface area (Å²) in [5.74, 6) is 1.36. The maximum Gasteiger partial charge on any atom is 0.226 e. The van der Waals surface area contributed by atoms with Gasteiger partial charge in [0.25, 0.3) is 0 Å². The van der Waals surface area contributed by atoms with Crippen molar-refractivity contribution < 1.29 is 14.3 Å². The van der Waals surface area contributed by atoms with Crippen molar-refractivity contribution in [3.05, 3.63) is 59.4 Å². The van der Waals surface area contributed by atoms with Crippen LogP contribution in [0.25, 0.3) is 5.13 Å². The number of amides is 1. The Balaban J connectivity index is 1.49. The quantitative estimate of drug-likeness (QED) is 0.661. The monoisotopic (exact) mass is 371 g/mol. The van der Waals surface area contributed by atoms with Crippen LogP contribution in [0.3, 0.4) is 0 Å². The summed E-state index contributed by atoms with van der Waals surface area (Å²) in [5.41, 5.74) is 1.86. The Morgan fingerprint density at radius 2 is 1.96 bits per heavy atom. The SMILES string of the molecule is COc1ccc(CCNC(=O)Cc2csc(-n3cccc3)n2)cc1OC. The topological polar surface area (TPSA) is 65.4 Å². The maximum absolute atomic E-state index is 12.1. The number of thiazole rings is 1.